The fourth-order valence-electron chi connectivity index (χ4n) is 2.27. The molecule has 3 nitrogen and oxygen atoms in total. The summed E-state index contributed by atoms with van der Waals surface area (Å²) in [5, 5.41) is 4.52. The number of pyridine rings is 1. The van der Waals surface area contributed by atoms with Crippen LogP contribution >= 0.6 is 0 Å². The van der Waals surface area contributed by atoms with Crippen molar-refractivity contribution in [2.45, 2.75) is 26.3 Å². The molecule has 0 amide bonds. The third-order valence-electron chi connectivity index (χ3n) is 3.47. The van der Waals surface area contributed by atoms with Crippen LogP contribution in [0.25, 0.3) is 22.2 Å². The third kappa shape index (κ3) is 2.63. The Kier molecular flexibility index (Phi) is 3.41. The maximum absolute atomic E-state index is 12.7. The van der Waals surface area contributed by atoms with E-state index in [2.05, 4.69) is 23.9 Å². The molecule has 0 saturated carbocycles. The molecule has 2 heterocycles. The highest BCUT2D eigenvalue weighted by molar-refractivity contribution is 5.83. The summed E-state index contributed by atoms with van der Waals surface area (Å²) in [6, 6.07) is 9.46. The van der Waals surface area contributed by atoms with Gasteiger partial charge < -0.3 is 0 Å². The van der Waals surface area contributed by atoms with E-state index in [0.717, 1.165) is 11.3 Å². The second kappa shape index (κ2) is 5.24. The molecular formula is C16H15F2N3. The summed E-state index contributed by atoms with van der Waals surface area (Å²) in [6.07, 6.45) is 3.13. The number of nitrogens with zero attached hydrogens (tertiary/aromatic N) is 3. The number of alkyl halides is 2. The molecule has 0 saturated heterocycles. The van der Waals surface area contributed by atoms with Crippen LogP contribution in [-0.4, -0.2) is 14.8 Å². The lowest BCUT2D eigenvalue weighted by Gasteiger charge is -2.07. The van der Waals surface area contributed by atoms with Gasteiger partial charge in [-0.2, -0.15) is 13.9 Å². The summed E-state index contributed by atoms with van der Waals surface area (Å²) in [5.41, 5.74) is 3.49. The maximum Gasteiger partial charge on any atom is 0.333 e. The Morgan fingerprint density at radius 1 is 1.10 bits per heavy atom. The molecule has 0 radical (unpaired) electrons. The maximum atomic E-state index is 12.7. The Morgan fingerprint density at radius 2 is 1.90 bits per heavy atom. The normalized spacial score (nSPS) is 11.7. The Morgan fingerprint density at radius 3 is 2.62 bits per heavy atom. The van der Waals surface area contributed by atoms with Gasteiger partial charge in [0.1, 0.15) is 0 Å². The summed E-state index contributed by atoms with van der Waals surface area (Å²) >= 11 is 0. The average molecular weight is 287 g/mol. The molecule has 0 spiro atoms. The highest BCUT2D eigenvalue weighted by Crippen LogP contribution is 2.26. The lowest BCUT2D eigenvalue weighted by Crippen LogP contribution is -1.96. The van der Waals surface area contributed by atoms with Crippen LogP contribution in [0.5, 0.6) is 0 Å². The molecule has 3 rings (SSSR count). The molecular weight excluding hydrogens is 272 g/mol. The van der Waals surface area contributed by atoms with Crippen molar-refractivity contribution in [3.8, 4) is 11.3 Å². The Balaban J connectivity index is 2.06. The summed E-state index contributed by atoms with van der Waals surface area (Å²) < 4.78 is 26.0. The van der Waals surface area contributed by atoms with E-state index in [1.54, 1.807) is 12.3 Å². The second-order valence-corrected chi connectivity index (χ2v) is 5.29. The van der Waals surface area contributed by atoms with Gasteiger partial charge >= 0.3 is 6.55 Å². The van der Waals surface area contributed by atoms with E-state index in [-0.39, 0.29) is 0 Å². The van der Waals surface area contributed by atoms with E-state index in [0.29, 0.717) is 21.5 Å². The first-order valence-electron chi connectivity index (χ1n) is 6.78. The zero-order valence-corrected chi connectivity index (χ0v) is 11.8. The van der Waals surface area contributed by atoms with Gasteiger partial charge in [-0.25, -0.2) is 4.68 Å². The van der Waals surface area contributed by atoms with E-state index in [9.17, 15) is 8.78 Å². The Labute approximate surface area is 121 Å². The van der Waals surface area contributed by atoms with Crippen LogP contribution in [0.1, 0.15) is 31.9 Å². The van der Waals surface area contributed by atoms with Gasteiger partial charge in [-0.1, -0.05) is 19.9 Å². The van der Waals surface area contributed by atoms with Crippen LogP contribution in [0.2, 0.25) is 0 Å². The summed E-state index contributed by atoms with van der Waals surface area (Å²) in [5.74, 6) is 0.414. The second-order valence-electron chi connectivity index (χ2n) is 5.29. The lowest BCUT2D eigenvalue weighted by molar-refractivity contribution is 0.0574. The lowest BCUT2D eigenvalue weighted by atomic mass is 10.0. The zero-order valence-electron chi connectivity index (χ0n) is 11.8. The molecule has 0 aliphatic carbocycles. The van der Waals surface area contributed by atoms with Crippen LogP contribution in [0, 0.1) is 0 Å². The number of aromatic nitrogens is 3. The molecule has 3 aromatic rings. The topological polar surface area (TPSA) is 30.7 Å². The minimum Gasteiger partial charge on any atom is -0.256 e. The number of rotatable bonds is 3. The van der Waals surface area contributed by atoms with E-state index < -0.39 is 6.55 Å². The standard InChI is InChI=1S/C16H15F2N3/c1-10(2)11-5-6-19-15(8-11)12-3-4-14-13(7-12)9-21(20-14)16(17)18/h3-10,16H,1-2H3. The Bertz CT molecular complexity index is 778. The molecule has 0 N–H and O–H groups in total. The van der Waals surface area contributed by atoms with Crippen LogP contribution in [0.15, 0.2) is 42.7 Å². The van der Waals surface area contributed by atoms with Crippen LogP contribution < -0.4 is 0 Å². The molecule has 0 bridgehead atoms. The number of hydrogen-bond acceptors (Lipinski definition) is 2. The first-order valence-corrected chi connectivity index (χ1v) is 6.78. The summed E-state index contributed by atoms with van der Waals surface area (Å²) in [6.45, 7) is 1.62. The molecule has 0 unspecified atom stereocenters. The van der Waals surface area contributed by atoms with Crippen LogP contribution in [0.3, 0.4) is 0 Å². The third-order valence-corrected chi connectivity index (χ3v) is 3.47. The number of fused-ring (bicyclic) bond motifs is 1. The van der Waals surface area contributed by atoms with Crippen LogP contribution in [-0.2, 0) is 0 Å². The highest BCUT2D eigenvalue weighted by Gasteiger charge is 2.10. The molecule has 0 fully saturated rings. The quantitative estimate of drug-likeness (QED) is 0.704. The number of hydrogen-bond donors (Lipinski definition) is 0. The number of benzene rings is 1. The summed E-state index contributed by atoms with van der Waals surface area (Å²) in [7, 11) is 0. The molecule has 21 heavy (non-hydrogen) atoms. The first-order chi connectivity index (χ1) is 10.0. The van der Waals surface area contributed by atoms with Crippen molar-refractivity contribution in [3.63, 3.8) is 0 Å². The van der Waals surface area contributed by atoms with Gasteiger partial charge in [0.15, 0.2) is 0 Å². The molecule has 1 aromatic carbocycles. The summed E-state index contributed by atoms with van der Waals surface area (Å²) in [4.78, 5) is 4.37. The van der Waals surface area contributed by atoms with Gasteiger partial charge in [-0.15, -0.1) is 0 Å². The predicted molar refractivity (Wildman–Crippen MR) is 78.3 cm³/mol. The zero-order chi connectivity index (χ0) is 15.0. The van der Waals surface area contributed by atoms with E-state index in [1.807, 2.05) is 24.3 Å². The van der Waals surface area contributed by atoms with Gasteiger partial charge in [0.2, 0.25) is 0 Å². The van der Waals surface area contributed by atoms with Gasteiger partial charge in [0.05, 0.1) is 11.2 Å². The molecule has 0 atom stereocenters. The smallest absolute Gasteiger partial charge is 0.256 e. The first kappa shape index (κ1) is 13.7. The molecule has 0 aliphatic heterocycles. The van der Waals surface area contributed by atoms with Crippen molar-refractivity contribution < 1.29 is 8.78 Å². The van der Waals surface area contributed by atoms with Crippen molar-refractivity contribution in [2.75, 3.05) is 0 Å². The fourth-order valence-corrected chi connectivity index (χ4v) is 2.27. The Hall–Kier alpha value is -2.30. The van der Waals surface area contributed by atoms with Gasteiger partial charge in [-0.05, 0) is 35.7 Å². The molecule has 5 heteroatoms. The van der Waals surface area contributed by atoms with Crippen molar-refractivity contribution in [2.24, 2.45) is 0 Å². The monoisotopic (exact) mass is 287 g/mol. The minimum atomic E-state index is -2.62. The van der Waals surface area contributed by atoms with Crippen LogP contribution in [0.4, 0.5) is 8.78 Å². The van der Waals surface area contributed by atoms with Crippen molar-refractivity contribution in [1.29, 1.82) is 0 Å². The average Bonchev–Trinajstić information content (AvgIpc) is 2.90. The molecule has 0 aliphatic rings. The van der Waals surface area contributed by atoms with E-state index in [1.165, 1.54) is 11.8 Å². The predicted octanol–water partition coefficient (Wildman–Crippen LogP) is 4.62. The van der Waals surface area contributed by atoms with Gasteiger partial charge in [0, 0.05) is 23.3 Å². The van der Waals surface area contributed by atoms with Crippen molar-refractivity contribution >= 4 is 10.9 Å². The molecule has 108 valence electrons. The highest BCUT2D eigenvalue weighted by atomic mass is 19.3. The van der Waals surface area contributed by atoms with Crippen molar-refractivity contribution in [3.05, 3.63) is 48.3 Å². The minimum absolute atomic E-state index is 0.414. The van der Waals surface area contributed by atoms with Gasteiger partial charge in [-0.3, -0.25) is 4.98 Å². The van der Waals surface area contributed by atoms with Gasteiger partial charge in [0.25, 0.3) is 0 Å². The van der Waals surface area contributed by atoms with E-state index in [4.69, 9.17) is 0 Å². The van der Waals surface area contributed by atoms with E-state index >= 15 is 0 Å². The SMILES string of the molecule is CC(C)c1ccnc(-c2ccc3nn(C(F)F)cc3c2)c1. The van der Waals surface area contributed by atoms with Crippen molar-refractivity contribution in [1.82, 2.24) is 14.8 Å². The fraction of sp³-hybridized carbons (Fsp3) is 0.250. The molecule has 2 aromatic heterocycles. The number of halogens is 2. The largest absolute Gasteiger partial charge is 0.333 e.